The maximum atomic E-state index is 12.3. The molecule has 1 saturated heterocycles. The monoisotopic (exact) mass is 560 g/mol. The number of ketones is 1. The van der Waals surface area contributed by atoms with Crippen molar-refractivity contribution >= 4 is 22.5 Å². The Morgan fingerprint density at radius 1 is 0.950 bits per heavy atom. The second-order valence-corrected chi connectivity index (χ2v) is 11.8. The van der Waals surface area contributed by atoms with Gasteiger partial charge in [0, 0.05) is 10.9 Å². The Hall–Kier alpha value is -2.96. The molecule has 0 aromatic heterocycles. The van der Waals surface area contributed by atoms with Gasteiger partial charge in [0.15, 0.2) is 5.78 Å². The second-order valence-electron chi connectivity index (χ2n) is 11.8. The molecule has 0 radical (unpaired) electrons. The first-order chi connectivity index (χ1) is 18.8. The number of carboxylic acid groups (broad SMARTS) is 1. The van der Waals surface area contributed by atoms with E-state index in [-0.39, 0.29) is 38.6 Å². The first-order valence-electron chi connectivity index (χ1n) is 13.6. The predicted octanol–water partition coefficient (Wildman–Crippen LogP) is 2.51. The Morgan fingerprint density at radius 3 is 2.23 bits per heavy atom. The number of carboxylic acids is 1. The minimum absolute atomic E-state index is 0.0407. The number of rotatable bonds is 5. The second kappa shape index (κ2) is 10.1. The third-order valence-electron chi connectivity index (χ3n) is 9.16. The third kappa shape index (κ3) is 4.59. The van der Waals surface area contributed by atoms with Crippen molar-refractivity contribution in [1.82, 2.24) is 0 Å². The molecule has 40 heavy (non-hydrogen) atoms. The van der Waals surface area contributed by atoms with Crippen LogP contribution in [-0.2, 0) is 4.74 Å². The fourth-order valence-corrected chi connectivity index (χ4v) is 7.22. The predicted molar refractivity (Wildman–Crippen MR) is 141 cm³/mol. The molecule has 1 heterocycles. The molecular weight excluding hydrogens is 524 g/mol. The number of aromatic carboxylic acids is 1. The highest BCUT2D eigenvalue weighted by atomic mass is 16.7. The first-order valence-corrected chi connectivity index (χ1v) is 13.6. The molecule has 2 saturated carbocycles. The molecule has 2 aromatic carbocycles. The summed E-state index contributed by atoms with van der Waals surface area (Å²) in [6.07, 6.45) is -2.01. The Kier molecular flexibility index (Phi) is 7.25. The lowest BCUT2D eigenvalue weighted by atomic mass is 9.63. The number of carbonyl (C=O) groups excluding carboxylic acids is 1. The van der Waals surface area contributed by atoms with E-state index in [0.29, 0.717) is 19.3 Å². The van der Waals surface area contributed by atoms with Gasteiger partial charge in [-0.2, -0.15) is 0 Å². The molecule has 11 nitrogen and oxygen atoms in total. The van der Waals surface area contributed by atoms with Crippen LogP contribution in [0.25, 0.3) is 10.8 Å². The van der Waals surface area contributed by atoms with Crippen LogP contribution in [0.1, 0.15) is 84.6 Å². The van der Waals surface area contributed by atoms with Gasteiger partial charge in [0.05, 0.1) is 22.1 Å². The van der Waals surface area contributed by atoms with Gasteiger partial charge in [-0.1, -0.05) is 12.8 Å². The van der Waals surface area contributed by atoms with E-state index in [4.69, 9.17) is 9.47 Å². The molecule has 2 aliphatic carbocycles. The summed E-state index contributed by atoms with van der Waals surface area (Å²) < 4.78 is 11.8. The van der Waals surface area contributed by atoms with Gasteiger partial charge in [-0.05, 0) is 69.9 Å². The van der Waals surface area contributed by atoms with Crippen molar-refractivity contribution < 1.29 is 54.8 Å². The van der Waals surface area contributed by atoms with E-state index in [1.54, 1.807) is 0 Å². The van der Waals surface area contributed by atoms with Gasteiger partial charge < -0.3 is 45.2 Å². The van der Waals surface area contributed by atoms with Gasteiger partial charge >= 0.3 is 5.97 Å². The SMILES string of the molecule is CC(=O)c1c(C)c(O)c2cc(C(=O)O)cc(O[C@@H]3O[C@H]([C@]4(O)CCCC5(CCCC5)C4)[C@@H](O)[C@H](O)[C@H]3O)c2c1O. The molecule has 11 heteroatoms. The average Bonchev–Trinajstić information content (AvgIpc) is 3.33. The lowest BCUT2D eigenvalue weighted by molar-refractivity contribution is -0.311. The van der Waals surface area contributed by atoms with Crippen LogP contribution in [0.5, 0.6) is 17.2 Å². The minimum Gasteiger partial charge on any atom is -0.507 e. The number of fused-ring (bicyclic) bond motifs is 1. The van der Waals surface area contributed by atoms with E-state index in [1.807, 2.05) is 0 Å². The van der Waals surface area contributed by atoms with E-state index in [2.05, 4.69) is 0 Å². The van der Waals surface area contributed by atoms with Crippen LogP contribution in [0.2, 0.25) is 0 Å². The Balaban J connectivity index is 1.57. The quantitative estimate of drug-likeness (QED) is 0.210. The largest absolute Gasteiger partial charge is 0.507 e. The molecule has 0 unspecified atom stereocenters. The summed E-state index contributed by atoms with van der Waals surface area (Å²) >= 11 is 0. The van der Waals surface area contributed by atoms with Crippen LogP contribution in [0.3, 0.4) is 0 Å². The Bertz CT molecular complexity index is 1350. The number of hydrogen-bond donors (Lipinski definition) is 7. The zero-order valence-electron chi connectivity index (χ0n) is 22.5. The number of benzene rings is 2. The molecule has 0 amide bonds. The normalized spacial score (nSPS) is 31.9. The summed E-state index contributed by atoms with van der Waals surface area (Å²) in [6, 6.07) is 2.15. The molecular formula is C29H36O11. The van der Waals surface area contributed by atoms with Crippen LogP contribution < -0.4 is 4.74 Å². The molecule has 1 aliphatic heterocycles. The van der Waals surface area contributed by atoms with Crippen molar-refractivity contribution in [1.29, 1.82) is 0 Å². The Labute approximate surface area is 230 Å². The van der Waals surface area contributed by atoms with Crippen molar-refractivity contribution in [3.63, 3.8) is 0 Å². The van der Waals surface area contributed by atoms with Gasteiger partial charge in [0.25, 0.3) is 0 Å². The number of ether oxygens (including phenoxy) is 2. The van der Waals surface area contributed by atoms with Gasteiger partial charge in [-0.15, -0.1) is 0 Å². The minimum atomic E-state index is -1.82. The van der Waals surface area contributed by atoms with E-state index >= 15 is 0 Å². The molecule has 7 N–H and O–H groups in total. The van der Waals surface area contributed by atoms with Crippen LogP contribution in [0.4, 0.5) is 0 Å². The van der Waals surface area contributed by atoms with E-state index in [1.165, 1.54) is 13.8 Å². The van der Waals surface area contributed by atoms with Crippen LogP contribution in [-0.4, -0.2) is 83.8 Å². The summed E-state index contributed by atoms with van der Waals surface area (Å²) in [5, 5.41) is 75.5. The van der Waals surface area contributed by atoms with E-state index in [9.17, 15) is 45.3 Å². The molecule has 218 valence electrons. The highest BCUT2D eigenvalue weighted by molar-refractivity contribution is 6.11. The van der Waals surface area contributed by atoms with Crippen LogP contribution >= 0.6 is 0 Å². The number of aliphatic hydroxyl groups excluding tert-OH is 3. The number of phenolic OH excluding ortho intramolecular Hbond substituents is 2. The smallest absolute Gasteiger partial charge is 0.335 e. The molecule has 3 fully saturated rings. The highest BCUT2D eigenvalue weighted by Gasteiger charge is 2.57. The summed E-state index contributed by atoms with van der Waals surface area (Å²) in [5.41, 5.74) is -2.10. The topological polar surface area (TPSA) is 194 Å². The summed E-state index contributed by atoms with van der Waals surface area (Å²) in [4.78, 5) is 24.2. The van der Waals surface area contributed by atoms with Crippen molar-refractivity contribution in [3.05, 3.63) is 28.8 Å². The molecule has 2 aromatic rings. The van der Waals surface area contributed by atoms with Gasteiger partial charge in [-0.25, -0.2) is 4.79 Å². The molecule has 3 aliphatic rings. The maximum Gasteiger partial charge on any atom is 0.335 e. The fourth-order valence-electron chi connectivity index (χ4n) is 7.22. The number of aliphatic hydroxyl groups is 4. The highest BCUT2D eigenvalue weighted by Crippen LogP contribution is 2.54. The number of hydrogen-bond acceptors (Lipinski definition) is 10. The summed E-state index contributed by atoms with van der Waals surface area (Å²) in [5.74, 6) is -3.30. The number of phenols is 2. The average molecular weight is 561 g/mol. The maximum absolute atomic E-state index is 12.3. The lowest BCUT2D eigenvalue weighted by Crippen LogP contribution is -2.66. The van der Waals surface area contributed by atoms with Gasteiger partial charge in [-0.3, -0.25) is 4.79 Å². The van der Waals surface area contributed by atoms with E-state index < -0.39 is 59.6 Å². The molecule has 6 atom stereocenters. The van der Waals surface area contributed by atoms with Gasteiger partial charge in [0.1, 0.15) is 41.7 Å². The fraction of sp³-hybridized carbons (Fsp3) is 0.586. The van der Waals surface area contributed by atoms with Crippen LogP contribution in [0.15, 0.2) is 12.1 Å². The van der Waals surface area contributed by atoms with E-state index in [0.717, 1.165) is 44.2 Å². The van der Waals surface area contributed by atoms with Gasteiger partial charge in [0.2, 0.25) is 6.29 Å². The lowest BCUT2D eigenvalue weighted by Gasteiger charge is -2.51. The molecule has 5 rings (SSSR count). The number of aromatic hydroxyl groups is 2. The number of carbonyl (C=O) groups is 2. The van der Waals surface area contributed by atoms with Crippen molar-refractivity contribution in [2.75, 3.05) is 0 Å². The zero-order chi connectivity index (χ0) is 29.1. The summed E-state index contributed by atoms with van der Waals surface area (Å²) in [6.45, 7) is 2.59. The molecule has 0 bridgehead atoms. The standard InChI is InChI=1S/C29H36O11/c1-13-18(14(2)30)21(32)19-16(20(13)31)10-15(26(36)37)11-17(19)39-27-24(35)22(33)23(34)25(40-27)29(38)9-5-8-28(12-29)6-3-4-7-28/h10-11,22-25,27,31-35,38H,3-9,12H2,1-2H3,(H,36,37)/t22-,23-,24+,25-,27+,29-/m0/s1. The third-order valence-corrected chi connectivity index (χ3v) is 9.16. The van der Waals surface area contributed by atoms with Crippen LogP contribution in [0, 0.1) is 12.3 Å². The molecule has 1 spiro atoms. The Morgan fingerprint density at radius 2 is 1.60 bits per heavy atom. The van der Waals surface area contributed by atoms with Crippen molar-refractivity contribution in [3.8, 4) is 17.2 Å². The zero-order valence-corrected chi connectivity index (χ0v) is 22.5. The summed E-state index contributed by atoms with van der Waals surface area (Å²) in [7, 11) is 0. The van der Waals surface area contributed by atoms with Crippen molar-refractivity contribution in [2.24, 2.45) is 5.41 Å². The van der Waals surface area contributed by atoms with Crippen molar-refractivity contribution in [2.45, 2.75) is 102 Å². The number of Topliss-reactive ketones (excluding diaryl/α,β-unsaturated/α-hetero) is 1. The first kappa shape index (κ1) is 28.6.